The lowest BCUT2D eigenvalue weighted by Crippen LogP contribution is -2.40. The molecule has 2 bridgehead atoms. The van der Waals surface area contributed by atoms with Gasteiger partial charge in [0.2, 0.25) is 11.8 Å². The molecule has 1 aromatic carbocycles. The van der Waals surface area contributed by atoms with E-state index in [9.17, 15) is 9.59 Å². The molecule has 5 aliphatic rings. The Morgan fingerprint density at radius 3 is 2.33 bits per heavy atom. The highest BCUT2D eigenvalue weighted by Gasteiger charge is 2.66. The minimum Gasteiger partial charge on any atom is -0.495 e. The molecule has 6 unspecified atom stereocenters. The summed E-state index contributed by atoms with van der Waals surface area (Å²) in [4.78, 5) is 27.2. The van der Waals surface area contributed by atoms with Crippen molar-refractivity contribution in [1.82, 2.24) is 4.90 Å². The fraction of sp³-hybridized carbons (Fsp3) is 0.474. The average Bonchev–Trinajstić information content (AvgIpc) is 3.39. The van der Waals surface area contributed by atoms with E-state index in [0.29, 0.717) is 17.6 Å². The van der Waals surface area contributed by atoms with Crippen molar-refractivity contribution < 1.29 is 14.3 Å². The third-order valence-electron chi connectivity index (χ3n) is 6.29. The predicted molar refractivity (Wildman–Crippen MR) is 88.0 cm³/mol. The van der Waals surface area contributed by atoms with Gasteiger partial charge >= 0.3 is 0 Å². The second-order valence-electron chi connectivity index (χ2n) is 7.29. The minimum atomic E-state index is -0.129. The van der Waals surface area contributed by atoms with Crippen molar-refractivity contribution in [1.29, 1.82) is 0 Å². The monoisotopic (exact) mass is 324 g/mol. The number of carbonyl (C=O) groups excluding carboxylic acids is 2. The number of anilines is 1. The Kier molecular flexibility index (Phi) is 2.84. The van der Waals surface area contributed by atoms with Gasteiger partial charge in [-0.15, -0.1) is 0 Å². The fourth-order valence-electron chi connectivity index (χ4n) is 5.13. The zero-order valence-corrected chi connectivity index (χ0v) is 13.5. The maximum absolute atomic E-state index is 12.9. The lowest BCUT2D eigenvalue weighted by atomic mass is 9.63. The molecule has 24 heavy (non-hydrogen) atoms. The van der Waals surface area contributed by atoms with Gasteiger partial charge in [0, 0.05) is 0 Å². The summed E-state index contributed by atoms with van der Waals surface area (Å²) >= 11 is 0. The first kappa shape index (κ1) is 14.1. The number of amides is 2. The van der Waals surface area contributed by atoms with Gasteiger partial charge in [-0.3, -0.25) is 14.5 Å². The number of para-hydroxylation sites is 2. The summed E-state index contributed by atoms with van der Waals surface area (Å²) in [6.45, 7) is 0.208. The van der Waals surface area contributed by atoms with Crippen LogP contribution in [0.15, 0.2) is 36.4 Å². The highest BCUT2D eigenvalue weighted by atomic mass is 16.5. The van der Waals surface area contributed by atoms with E-state index in [1.54, 1.807) is 7.11 Å². The number of benzene rings is 1. The van der Waals surface area contributed by atoms with E-state index < -0.39 is 0 Å². The second-order valence-corrected chi connectivity index (χ2v) is 7.29. The highest BCUT2D eigenvalue weighted by Crippen LogP contribution is 2.65. The maximum Gasteiger partial charge on any atom is 0.235 e. The van der Waals surface area contributed by atoms with E-state index >= 15 is 0 Å². The number of ether oxygens (including phenoxy) is 1. The van der Waals surface area contributed by atoms with Gasteiger partial charge < -0.3 is 10.1 Å². The van der Waals surface area contributed by atoms with Crippen LogP contribution in [0.5, 0.6) is 5.75 Å². The molecule has 2 amide bonds. The number of carbonyl (C=O) groups is 2. The quantitative estimate of drug-likeness (QED) is 0.681. The largest absolute Gasteiger partial charge is 0.495 e. The van der Waals surface area contributed by atoms with Crippen molar-refractivity contribution in [2.24, 2.45) is 35.5 Å². The van der Waals surface area contributed by atoms with Gasteiger partial charge in [0.15, 0.2) is 0 Å². The van der Waals surface area contributed by atoms with Crippen LogP contribution in [0.25, 0.3) is 0 Å². The highest BCUT2D eigenvalue weighted by molar-refractivity contribution is 6.06. The summed E-state index contributed by atoms with van der Waals surface area (Å²) in [5.41, 5.74) is 0.791. The third kappa shape index (κ3) is 1.75. The van der Waals surface area contributed by atoms with Crippen LogP contribution in [0.1, 0.15) is 6.42 Å². The lowest BCUT2D eigenvalue weighted by Gasteiger charge is -2.37. The molecule has 0 spiro atoms. The molecule has 124 valence electrons. The fourth-order valence-corrected chi connectivity index (χ4v) is 5.13. The number of hydrogen-bond donors (Lipinski definition) is 1. The molecule has 1 aliphatic heterocycles. The summed E-state index contributed by atoms with van der Waals surface area (Å²) in [5.74, 6) is 2.27. The topological polar surface area (TPSA) is 58.6 Å². The number of nitrogens with one attached hydrogen (secondary N) is 1. The second kappa shape index (κ2) is 4.85. The van der Waals surface area contributed by atoms with Crippen LogP contribution < -0.4 is 10.1 Å². The number of likely N-dealkylation sites (tertiary alicyclic amines) is 1. The van der Waals surface area contributed by atoms with E-state index in [-0.39, 0.29) is 42.2 Å². The van der Waals surface area contributed by atoms with Crippen LogP contribution in [0.2, 0.25) is 0 Å². The molecule has 1 saturated heterocycles. The summed E-state index contributed by atoms with van der Waals surface area (Å²) < 4.78 is 5.31. The van der Waals surface area contributed by atoms with Gasteiger partial charge in [0.1, 0.15) is 5.75 Å². The molecule has 2 saturated carbocycles. The van der Waals surface area contributed by atoms with Crippen molar-refractivity contribution in [2.45, 2.75) is 6.42 Å². The molecule has 1 N–H and O–H groups in total. The summed E-state index contributed by atoms with van der Waals surface area (Å²) in [5, 5.41) is 3.19. The first-order chi connectivity index (χ1) is 11.7. The standard InChI is InChI=1S/C19H20N2O3/c1-24-15-5-3-2-4-14(15)20-9-21-18(22)16-10-6-7-11(13-8-12(10)13)17(16)19(21)23/h2-7,10-13,16-17,20H,8-9H2,1H3. The van der Waals surface area contributed by atoms with Crippen molar-refractivity contribution >= 4 is 17.5 Å². The molecular weight excluding hydrogens is 304 g/mol. The van der Waals surface area contributed by atoms with Crippen LogP contribution in [0, 0.1) is 35.5 Å². The third-order valence-corrected chi connectivity index (χ3v) is 6.29. The molecule has 3 fully saturated rings. The van der Waals surface area contributed by atoms with Crippen molar-refractivity contribution in [3.63, 3.8) is 0 Å². The molecule has 1 aromatic rings. The molecule has 5 nitrogen and oxygen atoms in total. The van der Waals surface area contributed by atoms with E-state index in [1.165, 1.54) is 11.3 Å². The van der Waals surface area contributed by atoms with Crippen LogP contribution in [-0.2, 0) is 9.59 Å². The van der Waals surface area contributed by atoms with Crippen LogP contribution >= 0.6 is 0 Å². The Balaban J connectivity index is 1.37. The van der Waals surface area contributed by atoms with Crippen LogP contribution in [-0.4, -0.2) is 30.5 Å². The van der Waals surface area contributed by atoms with Gasteiger partial charge in [0.25, 0.3) is 0 Å². The van der Waals surface area contributed by atoms with Gasteiger partial charge in [-0.2, -0.15) is 0 Å². The molecule has 6 rings (SSSR count). The van der Waals surface area contributed by atoms with E-state index in [2.05, 4.69) is 17.5 Å². The van der Waals surface area contributed by atoms with Gasteiger partial charge in [-0.25, -0.2) is 0 Å². The first-order valence-electron chi connectivity index (χ1n) is 8.61. The number of nitrogens with zero attached hydrogens (tertiary/aromatic N) is 1. The average molecular weight is 324 g/mol. The van der Waals surface area contributed by atoms with E-state index in [0.717, 1.165) is 5.69 Å². The normalized spacial score (nSPS) is 38.1. The van der Waals surface area contributed by atoms with E-state index in [1.807, 2.05) is 24.3 Å². The molecule has 0 radical (unpaired) electrons. The smallest absolute Gasteiger partial charge is 0.235 e. The Morgan fingerprint density at radius 2 is 1.71 bits per heavy atom. The number of hydrogen-bond acceptors (Lipinski definition) is 4. The first-order valence-corrected chi connectivity index (χ1v) is 8.61. The van der Waals surface area contributed by atoms with Crippen molar-refractivity contribution in [3.05, 3.63) is 36.4 Å². The number of methoxy groups -OCH3 is 1. The Labute approximate surface area is 140 Å². The van der Waals surface area contributed by atoms with E-state index in [4.69, 9.17) is 4.74 Å². The van der Waals surface area contributed by atoms with Crippen molar-refractivity contribution in [2.75, 3.05) is 19.1 Å². The Morgan fingerprint density at radius 1 is 1.08 bits per heavy atom. The van der Waals surface area contributed by atoms with Gasteiger partial charge in [0.05, 0.1) is 31.3 Å². The Bertz CT molecular complexity index is 723. The van der Waals surface area contributed by atoms with Crippen molar-refractivity contribution in [3.8, 4) is 5.75 Å². The molecule has 0 aromatic heterocycles. The molecule has 4 aliphatic carbocycles. The molecular formula is C19H20N2O3. The van der Waals surface area contributed by atoms with Crippen LogP contribution in [0.4, 0.5) is 5.69 Å². The summed E-state index contributed by atoms with van der Waals surface area (Å²) in [6.07, 6.45) is 5.58. The summed E-state index contributed by atoms with van der Waals surface area (Å²) in [7, 11) is 1.61. The molecule has 1 heterocycles. The zero-order valence-electron chi connectivity index (χ0n) is 13.5. The number of imide groups is 1. The predicted octanol–water partition coefficient (Wildman–Crippen LogP) is 2.12. The van der Waals surface area contributed by atoms with Crippen LogP contribution in [0.3, 0.4) is 0 Å². The zero-order chi connectivity index (χ0) is 16.4. The SMILES string of the molecule is COc1ccccc1NCN1C(=O)C2C3C=CC(C4CC34)C2C1=O. The Hall–Kier alpha value is -2.30. The van der Waals surface area contributed by atoms with Gasteiger partial charge in [-0.05, 0) is 42.2 Å². The van der Waals surface area contributed by atoms with Gasteiger partial charge in [-0.1, -0.05) is 24.3 Å². The lowest BCUT2D eigenvalue weighted by molar-refractivity contribution is -0.139. The summed E-state index contributed by atoms with van der Waals surface area (Å²) in [6, 6.07) is 7.53. The maximum atomic E-state index is 12.9. The number of rotatable bonds is 4. The minimum absolute atomic E-state index is 0.00269. The molecule has 5 heteroatoms. The number of allylic oxidation sites excluding steroid dienone is 2. The molecule has 6 atom stereocenters.